The van der Waals surface area contributed by atoms with Crippen LogP contribution in [-0.2, 0) is 11.3 Å². The lowest BCUT2D eigenvalue weighted by atomic mass is 10.2. The van der Waals surface area contributed by atoms with Crippen molar-refractivity contribution in [3.05, 3.63) is 57.8 Å². The molecule has 0 radical (unpaired) electrons. The lowest BCUT2D eigenvalue weighted by Gasteiger charge is -2.12. The van der Waals surface area contributed by atoms with E-state index in [2.05, 4.69) is 10.3 Å². The Labute approximate surface area is 159 Å². The number of thioether (sulfide) groups is 1. The van der Waals surface area contributed by atoms with Gasteiger partial charge >= 0.3 is 0 Å². The van der Waals surface area contributed by atoms with E-state index in [4.69, 9.17) is 17.3 Å². The number of amides is 1. The molecule has 0 saturated carbocycles. The van der Waals surface area contributed by atoms with Crippen LogP contribution in [0.4, 0.5) is 11.4 Å². The monoisotopic (exact) mass is 388 g/mol. The summed E-state index contributed by atoms with van der Waals surface area (Å²) in [7, 11) is 0. The standard InChI is InChI=1S/C18H17ClN4O2S/c1-2-23-17(25)12-8-7-11(19)9-15(12)22-18(23)26-10-16(24)21-14-6-4-3-5-13(14)20/h3-9H,2,10,20H2,1H3,(H,21,24). The van der Waals surface area contributed by atoms with Gasteiger partial charge in [0.1, 0.15) is 0 Å². The lowest BCUT2D eigenvalue weighted by Crippen LogP contribution is -2.23. The predicted molar refractivity (Wildman–Crippen MR) is 107 cm³/mol. The van der Waals surface area contributed by atoms with Crippen molar-refractivity contribution in [1.82, 2.24) is 9.55 Å². The first-order chi connectivity index (χ1) is 12.5. The minimum absolute atomic E-state index is 0.104. The summed E-state index contributed by atoms with van der Waals surface area (Å²) < 4.78 is 1.55. The predicted octanol–water partition coefficient (Wildman–Crippen LogP) is 3.38. The van der Waals surface area contributed by atoms with E-state index in [1.165, 1.54) is 11.8 Å². The van der Waals surface area contributed by atoms with E-state index < -0.39 is 0 Å². The van der Waals surface area contributed by atoms with Gasteiger partial charge in [0.15, 0.2) is 5.16 Å². The fourth-order valence-corrected chi connectivity index (χ4v) is 3.52. The number of halogens is 1. The second-order valence-corrected chi connectivity index (χ2v) is 6.91. The number of nitrogens with zero attached hydrogens (tertiary/aromatic N) is 2. The summed E-state index contributed by atoms with van der Waals surface area (Å²) in [5.74, 6) is -0.122. The minimum Gasteiger partial charge on any atom is -0.397 e. The highest BCUT2D eigenvalue weighted by Crippen LogP contribution is 2.22. The summed E-state index contributed by atoms with van der Waals surface area (Å²) in [5.41, 5.74) is 7.25. The molecule has 1 amide bonds. The van der Waals surface area contributed by atoms with Gasteiger partial charge < -0.3 is 11.1 Å². The lowest BCUT2D eigenvalue weighted by molar-refractivity contribution is -0.113. The fourth-order valence-electron chi connectivity index (χ4n) is 2.49. The highest BCUT2D eigenvalue weighted by atomic mass is 35.5. The van der Waals surface area contributed by atoms with Gasteiger partial charge in [-0.05, 0) is 37.3 Å². The quantitative estimate of drug-likeness (QED) is 0.397. The molecule has 134 valence electrons. The molecule has 0 aliphatic heterocycles. The number of nitrogen functional groups attached to an aromatic ring is 1. The SMILES string of the molecule is CCn1c(SCC(=O)Nc2ccccc2N)nc2cc(Cl)ccc2c1=O. The fraction of sp³-hybridized carbons (Fsp3) is 0.167. The Kier molecular flexibility index (Phi) is 5.49. The molecule has 0 bridgehead atoms. The van der Waals surface area contributed by atoms with E-state index in [0.29, 0.717) is 39.0 Å². The molecule has 3 N–H and O–H groups in total. The number of hydrogen-bond acceptors (Lipinski definition) is 5. The van der Waals surface area contributed by atoms with E-state index in [1.54, 1.807) is 47.0 Å². The summed E-state index contributed by atoms with van der Waals surface area (Å²) in [6.07, 6.45) is 0. The van der Waals surface area contributed by atoms with E-state index in [9.17, 15) is 9.59 Å². The van der Waals surface area contributed by atoms with Gasteiger partial charge in [0.05, 0.1) is 28.0 Å². The molecule has 1 aromatic heterocycles. The first-order valence-corrected chi connectivity index (χ1v) is 9.33. The Morgan fingerprint density at radius 2 is 2.08 bits per heavy atom. The minimum atomic E-state index is -0.226. The van der Waals surface area contributed by atoms with Crippen molar-refractivity contribution in [2.45, 2.75) is 18.6 Å². The van der Waals surface area contributed by atoms with Crippen LogP contribution in [0.2, 0.25) is 5.02 Å². The molecule has 6 nitrogen and oxygen atoms in total. The highest BCUT2D eigenvalue weighted by molar-refractivity contribution is 7.99. The summed E-state index contributed by atoms with van der Waals surface area (Å²) in [6, 6.07) is 12.0. The molecule has 0 unspecified atom stereocenters. The zero-order valence-electron chi connectivity index (χ0n) is 14.0. The second-order valence-electron chi connectivity index (χ2n) is 5.53. The molecule has 0 spiro atoms. The number of para-hydroxylation sites is 2. The molecule has 2 aromatic carbocycles. The number of carbonyl (C=O) groups is 1. The van der Waals surface area contributed by atoms with Crippen LogP contribution in [0, 0.1) is 0 Å². The third-order valence-corrected chi connectivity index (χ3v) is 4.98. The zero-order chi connectivity index (χ0) is 18.7. The zero-order valence-corrected chi connectivity index (χ0v) is 15.6. The van der Waals surface area contributed by atoms with Crippen molar-refractivity contribution in [3.63, 3.8) is 0 Å². The molecule has 0 aliphatic carbocycles. The summed E-state index contributed by atoms with van der Waals surface area (Å²) in [5, 5.41) is 4.24. The Morgan fingerprint density at radius 3 is 2.81 bits per heavy atom. The van der Waals surface area contributed by atoms with Crippen molar-refractivity contribution in [1.29, 1.82) is 0 Å². The van der Waals surface area contributed by atoms with Crippen molar-refractivity contribution in [2.24, 2.45) is 0 Å². The Balaban J connectivity index is 1.83. The number of benzene rings is 2. The average molecular weight is 389 g/mol. The van der Waals surface area contributed by atoms with Crippen LogP contribution in [-0.4, -0.2) is 21.2 Å². The van der Waals surface area contributed by atoms with Crippen molar-refractivity contribution in [2.75, 3.05) is 16.8 Å². The van der Waals surface area contributed by atoms with Crippen LogP contribution in [0.15, 0.2) is 52.4 Å². The van der Waals surface area contributed by atoms with E-state index >= 15 is 0 Å². The van der Waals surface area contributed by atoms with Gasteiger partial charge in [0, 0.05) is 11.6 Å². The maximum atomic E-state index is 12.6. The van der Waals surface area contributed by atoms with Crippen molar-refractivity contribution in [3.8, 4) is 0 Å². The first kappa shape index (κ1) is 18.3. The average Bonchev–Trinajstić information content (AvgIpc) is 2.62. The number of anilines is 2. The molecule has 0 fully saturated rings. The maximum Gasteiger partial charge on any atom is 0.262 e. The smallest absolute Gasteiger partial charge is 0.262 e. The van der Waals surface area contributed by atoms with Crippen molar-refractivity contribution >= 4 is 51.5 Å². The van der Waals surface area contributed by atoms with E-state index in [0.717, 1.165) is 0 Å². The number of aromatic nitrogens is 2. The molecule has 3 rings (SSSR count). The second kappa shape index (κ2) is 7.80. The molecule has 0 saturated heterocycles. The first-order valence-electron chi connectivity index (χ1n) is 7.97. The van der Waals surface area contributed by atoms with Crippen LogP contribution in [0.1, 0.15) is 6.92 Å². The number of carbonyl (C=O) groups excluding carboxylic acids is 1. The van der Waals surface area contributed by atoms with Crippen molar-refractivity contribution < 1.29 is 4.79 Å². The Morgan fingerprint density at radius 1 is 1.31 bits per heavy atom. The Bertz CT molecular complexity index is 1040. The number of fused-ring (bicyclic) bond motifs is 1. The van der Waals surface area contributed by atoms with Gasteiger partial charge in [-0.1, -0.05) is 35.5 Å². The van der Waals surface area contributed by atoms with Crippen LogP contribution in [0.5, 0.6) is 0 Å². The van der Waals surface area contributed by atoms with Crippen LogP contribution < -0.4 is 16.6 Å². The molecule has 1 heterocycles. The highest BCUT2D eigenvalue weighted by Gasteiger charge is 2.13. The number of nitrogens with two attached hydrogens (primary N) is 1. The van der Waals surface area contributed by atoms with Gasteiger partial charge in [-0.15, -0.1) is 0 Å². The summed E-state index contributed by atoms with van der Waals surface area (Å²) in [6.45, 7) is 2.32. The molecule has 0 aliphatic rings. The third-order valence-electron chi connectivity index (χ3n) is 3.77. The molecule has 26 heavy (non-hydrogen) atoms. The molecule has 3 aromatic rings. The van der Waals surface area contributed by atoms with Crippen LogP contribution in [0.3, 0.4) is 0 Å². The van der Waals surface area contributed by atoms with Gasteiger partial charge in [0.2, 0.25) is 5.91 Å². The largest absolute Gasteiger partial charge is 0.397 e. The normalized spacial score (nSPS) is 10.8. The van der Waals surface area contributed by atoms with Gasteiger partial charge in [-0.25, -0.2) is 4.98 Å². The number of hydrogen-bond donors (Lipinski definition) is 2. The van der Waals surface area contributed by atoms with E-state index in [-0.39, 0.29) is 17.2 Å². The molecular weight excluding hydrogens is 372 g/mol. The van der Waals surface area contributed by atoms with Gasteiger partial charge in [0.25, 0.3) is 5.56 Å². The summed E-state index contributed by atoms with van der Waals surface area (Å²) in [4.78, 5) is 29.3. The number of rotatable bonds is 5. The maximum absolute atomic E-state index is 12.6. The van der Waals surface area contributed by atoms with Gasteiger partial charge in [-0.2, -0.15) is 0 Å². The van der Waals surface area contributed by atoms with Crippen LogP contribution >= 0.6 is 23.4 Å². The molecule has 0 atom stereocenters. The summed E-state index contributed by atoms with van der Waals surface area (Å²) >= 11 is 7.19. The van der Waals surface area contributed by atoms with E-state index in [1.807, 2.05) is 6.92 Å². The third kappa shape index (κ3) is 3.84. The Hall–Kier alpha value is -2.51. The molecule has 8 heteroatoms. The molecular formula is C18H17ClN4O2S. The topological polar surface area (TPSA) is 90.0 Å². The van der Waals surface area contributed by atoms with Gasteiger partial charge in [-0.3, -0.25) is 14.2 Å². The number of nitrogens with one attached hydrogen (secondary N) is 1. The van der Waals surface area contributed by atoms with Crippen LogP contribution in [0.25, 0.3) is 10.9 Å².